The highest BCUT2D eigenvalue weighted by Gasteiger charge is 2.17. The molecule has 5 aromatic rings. The van der Waals surface area contributed by atoms with Gasteiger partial charge >= 0.3 is 0 Å². The molecule has 6 heteroatoms. The van der Waals surface area contributed by atoms with Crippen molar-refractivity contribution < 1.29 is 25.0 Å². The zero-order valence-electron chi connectivity index (χ0n) is 15.6. The number of pyridine rings is 2. The Hall–Kier alpha value is -4.06. The highest BCUT2D eigenvalue weighted by atomic mass is 16.3. The molecule has 144 valence electrons. The lowest BCUT2D eigenvalue weighted by Gasteiger charge is -2.08. The molecule has 5 rings (SSSR count). The van der Waals surface area contributed by atoms with Crippen LogP contribution in [0.4, 0.5) is 0 Å². The van der Waals surface area contributed by atoms with E-state index in [1.807, 2.05) is 48.1 Å². The summed E-state index contributed by atoms with van der Waals surface area (Å²) in [6.45, 7) is 0. The summed E-state index contributed by atoms with van der Waals surface area (Å²) >= 11 is 0. The molecule has 29 heavy (non-hydrogen) atoms. The molecule has 0 fully saturated rings. The van der Waals surface area contributed by atoms with Crippen LogP contribution in [-0.4, -0.2) is 25.4 Å². The second-order valence-corrected chi connectivity index (χ2v) is 6.72. The predicted molar refractivity (Wildman–Crippen MR) is 111 cm³/mol. The number of aromatic nitrogens is 2. The molecule has 0 aliphatic rings. The van der Waals surface area contributed by atoms with Crippen molar-refractivity contribution in [3.8, 4) is 23.0 Å². The lowest BCUT2D eigenvalue weighted by atomic mass is 10.0. The third-order valence-corrected chi connectivity index (χ3v) is 4.78. The van der Waals surface area contributed by atoms with Gasteiger partial charge in [0.2, 0.25) is 5.52 Å². The summed E-state index contributed by atoms with van der Waals surface area (Å²) in [5.41, 5.74) is 0.857. The molecule has 0 amide bonds. The van der Waals surface area contributed by atoms with Crippen molar-refractivity contribution in [2.75, 3.05) is 0 Å². The van der Waals surface area contributed by atoms with E-state index in [-0.39, 0.29) is 23.0 Å². The minimum absolute atomic E-state index is 0.164. The average molecular weight is 387 g/mol. The Kier molecular flexibility index (Phi) is 4.52. The molecule has 2 aromatic heterocycles. The molecule has 3 aromatic carbocycles. The van der Waals surface area contributed by atoms with Gasteiger partial charge in [0, 0.05) is 17.8 Å². The standard InChI is InChI=1S/C18H13NO4.C5H5N/c1-19-8-10-5-15(21)16(22)6-12(10)11-3-2-9-4-14(20)17(23)7-13(9)18(11)19;1-2-4-6-5-3-1/h2-8H,1H3,(H3,20,21,22,23);1-5H/p+1. The van der Waals surface area contributed by atoms with Crippen LogP contribution in [0.25, 0.3) is 32.4 Å². The number of fused-ring (bicyclic) bond motifs is 5. The Morgan fingerprint density at radius 1 is 0.655 bits per heavy atom. The Balaban J connectivity index is 0.000000294. The van der Waals surface area contributed by atoms with Crippen molar-refractivity contribution in [2.45, 2.75) is 0 Å². The number of nitrogens with zero attached hydrogens (tertiary/aromatic N) is 2. The SMILES string of the molecule is C[n+]1cc2cc(O)c(O)cc2c2ccc3cc(O)c(O)cc3c21.c1ccncc1. The van der Waals surface area contributed by atoms with Crippen LogP contribution in [0.15, 0.2) is 73.2 Å². The van der Waals surface area contributed by atoms with E-state index in [2.05, 4.69) is 4.98 Å². The maximum atomic E-state index is 9.83. The molecular weight excluding hydrogens is 368 g/mol. The molecule has 0 saturated carbocycles. The van der Waals surface area contributed by atoms with E-state index in [9.17, 15) is 20.4 Å². The first-order valence-electron chi connectivity index (χ1n) is 8.93. The van der Waals surface area contributed by atoms with Crippen molar-refractivity contribution in [1.82, 2.24) is 4.98 Å². The lowest BCUT2D eigenvalue weighted by molar-refractivity contribution is -0.642. The summed E-state index contributed by atoms with van der Waals surface area (Å²) in [5, 5.41) is 43.1. The second-order valence-electron chi connectivity index (χ2n) is 6.72. The van der Waals surface area contributed by atoms with Crippen LogP contribution in [0, 0.1) is 0 Å². The minimum atomic E-state index is -0.182. The van der Waals surface area contributed by atoms with E-state index in [1.165, 1.54) is 24.3 Å². The van der Waals surface area contributed by atoms with E-state index in [4.69, 9.17) is 0 Å². The summed E-state index contributed by atoms with van der Waals surface area (Å²) in [6.07, 6.45) is 5.35. The van der Waals surface area contributed by atoms with Crippen molar-refractivity contribution in [3.63, 3.8) is 0 Å². The van der Waals surface area contributed by atoms with E-state index in [0.29, 0.717) is 0 Å². The Bertz CT molecular complexity index is 1330. The fourth-order valence-corrected chi connectivity index (χ4v) is 3.45. The molecule has 6 nitrogen and oxygen atoms in total. The van der Waals surface area contributed by atoms with Crippen LogP contribution < -0.4 is 4.57 Å². The Morgan fingerprint density at radius 2 is 1.24 bits per heavy atom. The number of phenols is 4. The summed E-state index contributed by atoms with van der Waals surface area (Å²) in [7, 11) is 1.87. The molecule has 0 radical (unpaired) electrons. The van der Waals surface area contributed by atoms with Crippen LogP contribution >= 0.6 is 0 Å². The number of benzene rings is 3. The van der Waals surface area contributed by atoms with Crippen molar-refractivity contribution in [3.05, 3.63) is 73.2 Å². The van der Waals surface area contributed by atoms with E-state index < -0.39 is 0 Å². The zero-order valence-corrected chi connectivity index (χ0v) is 15.6. The van der Waals surface area contributed by atoms with Gasteiger partial charge in [-0.3, -0.25) is 4.98 Å². The van der Waals surface area contributed by atoms with Gasteiger partial charge in [-0.1, -0.05) is 12.1 Å². The molecule has 4 N–H and O–H groups in total. The largest absolute Gasteiger partial charge is 0.504 e. The summed E-state index contributed by atoms with van der Waals surface area (Å²) in [4.78, 5) is 3.78. The molecule has 0 bridgehead atoms. The van der Waals surface area contributed by atoms with Gasteiger partial charge in [-0.25, -0.2) is 0 Å². The highest BCUT2D eigenvalue weighted by molar-refractivity contribution is 6.14. The first-order valence-corrected chi connectivity index (χ1v) is 8.93. The van der Waals surface area contributed by atoms with Crippen molar-refractivity contribution >= 4 is 32.4 Å². The fourth-order valence-electron chi connectivity index (χ4n) is 3.45. The van der Waals surface area contributed by atoms with Gasteiger partial charge in [-0.15, -0.1) is 0 Å². The third-order valence-electron chi connectivity index (χ3n) is 4.78. The van der Waals surface area contributed by atoms with Crippen LogP contribution in [-0.2, 0) is 7.05 Å². The minimum Gasteiger partial charge on any atom is -0.504 e. The van der Waals surface area contributed by atoms with Gasteiger partial charge in [-0.2, -0.15) is 4.57 Å². The van der Waals surface area contributed by atoms with E-state index in [1.54, 1.807) is 12.4 Å². The summed E-state index contributed by atoms with van der Waals surface area (Å²) < 4.78 is 1.90. The average Bonchev–Trinajstić information content (AvgIpc) is 2.72. The number of hydrogen-bond acceptors (Lipinski definition) is 5. The second kappa shape index (κ2) is 7.16. The van der Waals surface area contributed by atoms with Crippen molar-refractivity contribution in [1.29, 1.82) is 0 Å². The number of phenolic OH excluding ortho intramolecular Hbond substituents is 4. The van der Waals surface area contributed by atoms with E-state index >= 15 is 0 Å². The molecule has 0 aliphatic carbocycles. The predicted octanol–water partition coefficient (Wildman–Crippen LogP) is 3.87. The van der Waals surface area contributed by atoms with Gasteiger partial charge in [0.15, 0.2) is 29.2 Å². The number of aryl methyl sites for hydroxylation is 1. The van der Waals surface area contributed by atoms with Crippen LogP contribution in [0.1, 0.15) is 0 Å². The first-order chi connectivity index (χ1) is 14.0. The summed E-state index contributed by atoms with van der Waals surface area (Å²) in [5.74, 6) is -0.692. The van der Waals surface area contributed by atoms with Gasteiger partial charge in [0.05, 0.1) is 16.2 Å². The number of aromatic hydroxyl groups is 4. The molecule has 0 aliphatic heterocycles. The molecular formula is C23H19N2O4+. The third kappa shape index (κ3) is 3.32. The molecule has 0 saturated heterocycles. The zero-order chi connectivity index (χ0) is 20.5. The van der Waals surface area contributed by atoms with Gasteiger partial charge < -0.3 is 20.4 Å². The monoisotopic (exact) mass is 387 g/mol. The van der Waals surface area contributed by atoms with E-state index in [0.717, 1.165) is 32.4 Å². The molecule has 2 heterocycles. The number of rotatable bonds is 0. The van der Waals surface area contributed by atoms with Gasteiger partial charge in [0.25, 0.3) is 0 Å². The van der Waals surface area contributed by atoms with Gasteiger partial charge in [0.1, 0.15) is 7.05 Å². The fraction of sp³-hybridized carbons (Fsp3) is 0.0435. The maximum absolute atomic E-state index is 9.83. The lowest BCUT2D eigenvalue weighted by Crippen LogP contribution is -2.28. The normalized spacial score (nSPS) is 10.8. The van der Waals surface area contributed by atoms with Gasteiger partial charge in [-0.05, 0) is 47.9 Å². The highest BCUT2D eigenvalue weighted by Crippen LogP contribution is 2.37. The molecule has 0 spiro atoms. The van der Waals surface area contributed by atoms with Crippen LogP contribution in [0.2, 0.25) is 0 Å². The Morgan fingerprint density at radius 3 is 1.83 bits per heavy atom. The first kappa shape index (κ1) is 18.3. The Labute approximate surface area is 166 Å². The van der Waals surface area contributed by atoms with Crippen LogP contribution in [0.3, 0.4) is 0 Å². The molecule has 0 atom stereocenters. The topological polar surface area (TPSA) is 97.7 Å². The van der Waals surface area contributed by atoms with Crippen molar-refractivity contribution in [2.24, 2.45) is 7.05 Å². The quantitative estimate of drug-likeness (QED) is 0.184. The molecule has 0 unspecified atom stereocenters. The number of hydrogen-bond donors (Lipinski definition) is 4. The van der Waals surface area contributed by atoms with Crippen LogP contribution in [0.5, 0.6) is 23.0 Å². The smallest absolute Gasteiger partial charge is 0.220 e. The maximum Gasteiger partial charge on any atom is 0.220 e. The summed E-state index contributed by atoms with van der Waals surface area (Å²) in [6, 6.07) is 15.5.